The number of hydrogen-bond acceptors (Lipinski definition) is 4. The normalized spacial score (nSPS) is 34.0. The molecule has 0 heterocycles. The number of rotatable bonds is 4. The van der Waals surface area contributed by atoms with Gasteiger partial charge in [-0.15, -0.1) is 0 Å². The van der Waals surface area contributed by atoms with Crippen molar-refractivity contribution in [3.63, 3.8) is 0 Å². The summed E-state index contributed by atoms with van der Waals surface area (Å²) < 4.78 is 64.5. The smallest absolute Gasteiger partial charge is 0.396 e. The molecular formula is C14H21F3O4S. The van der Waals surface area contributed by atoms with E-state index in [1.807, 2.05) is 13.8 Å². The fraction of sp³-hybridized carbons (Fsp3) is 0.857. The molecule has 8 heteroatoms. The maximum atomic E-state index is 12.5. The van der Waals surface area contributed by atoms with Crippen LogP contribution in [0.4, 0.5) is 13.2 Å². The van der Waals surface area contributed by atoms with Gasteiger partial charge in [0.25, 0.3) is 0 Å². The first-order valence-electron chi connectivity index (χ1n) is 7.34. The van der Waals surface area contributed by atoms with Crippen molar-refractivity contribution in [3.8, 4) is 0 Å². The molecule has 2 aliphatic rings. The highest BCUT2D eigenvalue weighted by molar-refractivity contribution is 7.87. The van der Waals surface area contributed by atoms with Gasteiger partial charge in [-0.25, -0.2) is 0 Å². The average molecular weight is 342 g/mol. The maximum Gasteiger partial charge on any atom is 0.534 e. The van der Waals surface area contributed by atoms with Crippen molar-refractivity contribution < 1.29 is 30.9 Å². The Hall–Kier alpha value is -0.760. The Kier molecular flexibility index (Phi) is 4.56. The minimum absolute atomic E-state index is 0.00767. The quantitative estimate of drug-likeness (QED) is 0.629. The predicted octanol–water partition coefficient (Wildman–Crippen LogP) is 3.19. The number of aliphatic hydroxyl groups is 1. The van der Waals surface area contributed by atoms with Gasteiger partial charge in [0.2, 0.25) is 0 Å². The molecule has 0 bridgehead atoms. The van der Waals surface area contributed by atoms with Crippen LogP contribution in [0.25, 0.3) is 0 Å². The lowest BCUT2D eigenvalue weighted by Gasteiger charge is -2.42. The number of aliphatic hydroxyl groups excluding tert-OH is 1. The zero-order chi connectivity index (χ0) is 16.8. The van der Waals surface area contributed by atoms with Crippen LogP contribution in [0.15, 0.2) is 11.8 Å². The highest BCUT2D eigenvalue weighted by Gasteiger charge is 2.54. The molecule has 1 fully saturated rings. The van der Waals surface area contributed by atoms with Crippen molar-refractivity contribution in [1.29, 1.82) is 0 Å². The Morgan fingerprint density at radius 2 is 2.09 bits per heavy atom. The van der Waals surface area contributed by atoms with E-state index in [1.165, 1.54) is 6.08 Å². The van der Waals surface area contributed by atoms with Crippen LogP contribution in [-0.4, -0.2) is 25.6 Å². The monoisotopic (exact) mass is 342 g/mol. The van der Waals surface area contributed by atoms with E-state index in [2.05, 4.69) is 4.18 Å². The third-order valence-corrected chi connectivity index (χ3v) is 6.22. The van der Waals surface area contributed by atoms with E-state index in [9.17, 15) is 26.7 Å². The molecule has 0 amide bonds. The predicted molar refractivity (Wildman–Crippen MR) is 73.9 cm³/mol. The zero-order valence-electron chi connectivity index (χ0n) is 12.6. The molecule has 1 N–H and O–H groups in total. The van der Waals surface area contributed by atoms with Gasteiger partial charge in [0.1, 0.15) is 5.76 Å². The molecule has 1 unspecified atom stereocenters. The molecule has 128 valence electrons. The van der Waals surface area contributed by atoms with E-state index in [-0.39, 0.29) is 35.5 Å². The minimum Gasteiger partial charge on any atom is -0.396 e. The Balaban J connectivity index is 2.26. The summed E-state index contributed by atoms with van der Waals surface area (Å²) in [5, 5.41) is 9.37. The van der Waals surface area contributed by atoms with Gasteiger partial charge >= 0.3 is 15.6 Å². The van der Waals surface area contributed by atoms with Gasteiger partial charge in [0.15, 0.2) is 0 Å². The lowest BCUT2D eigenvalue weighted by molar-refractivity contribution is -0.0537. The van der Waals surface area contributed by atoms with Gasteiger partial charge < -0.3 is 9.29 Å². The Morgan fingerprint density at radius 3 is 2.64 bits per heavy atom. The Bertz CT molecular complexity index is 555. The van der Waals surface area contributed by atoms with Crippen molar-refractivity contribution in [1.82, 2.24) is 0 Å². The van der Waals surface area contributed by atoms with Gasteiger partial charge in [-0.05, 0) is 49.0 Å². The minimum atomic E-state index is -5.62. The Labute approximate surface area is 128 Å². The number of allylic oxidation sites excluding steroid dienone is 2. The van der Waals surface area contributed by atoms with Gasteiger partial charge in [-0.3, -0.25) is 0 Å². The summed E-state index contributed by atoms with van der Waals surface area (Å²) in [7, 11) is -5.62. The third-order valence-electron chi connectivity index (χ3n) is 5.25. The van der Waals surface area contributed by atoms with Crippen LogP contribution in [0, 0.1) is 23.2 Å². The van der Waals surface area contributed by atoms with Gasteiger partial charge in [0, 0.05) is 12.5 Å². The van der Waals surface area contributed by atoms with Crippen LogP contribution >= 0.6 is 0 Å². The van der Waals surface area contributed by atoms with E-state index in [4.69, 9.17) is 0 Å². The second kappa shape index (κ2) is 5.70. The van der Waals surface area contributed by atoms with Gasteiger partial charge in [0.05, 0.1) is 0 Å². The highest BCUT2D eigenvalue weighted by atomic mass is 32.2. The highest BCUT2D eigenvalue weighted by Crippen LogP contribution is 2.58. The molecule has 0 aromatic rings. The van der Waals surface area contributed by atoms with Gasteiger partial charge in [-0.2, -0.15) is 21.6 Å². The molecular weight excluding hydrogens is 321 g/mol. The first kappa shape index (κ1) is 17.6. The lowest BCUT2D eigenvalue weighted by atomic mass is 9.64. The molecule has 0 saturated heterocycles. The zero-order valence-corrected chi connectivity index (χ0v) is 13.4. The van der Waals surface area contributed by atoms with E-state index < -0.39 is 15.6 Å². The average Bonchev–Trinajstić information content (AvgIpc) is 2.74. The van der Waals surface area contributed by atoms with Crippen molar-refractivity contribution in [2.75, 3.05) is 6.61 Å². The van der Waals surface area contributed by atoms with Crippen LogP contribution in [-0.2, 0) is 14.3 Å². The molecule has 0 aromatic heterocycles. The van der Waals surface area contributed by atoms with Crippen molar-refractivity contribution in [3.05, 3.63) is 11.8 Å². The van der Waals surface area contributed by atoms with E-state index in [0.29, 0.717) is 12.8 Å². The molecule has 0 aliphatic heterocycles. The van der Waals surface area contributed by atoms with Crippen molar-refractivity contribution in [2.45, 2.75) is 45.0 Å². The molecule has 0 aromatic carbocycles. The fourth-order valence-electron chi connectivity index (χ4n) is 4.09. The van der Waals surface area contributed by atoms with E-state index >= 15 is 0 Å². The topological polar surface area (TPSA) is 63.6 Å². The molecule has 2 aliphatic carbocycles. The van der Waals surface area contributed by atoms with E-state index in [0.717, 1.165) is 12.8 Å². The van der Waals surface area contributed by atoms with Crippen LogP contribution in [0.2, 0.25) is 0 Å². The number of hydrogen-bond donors (Lipinski definition) is 1. The van der Waals surface area contributed by atoms with Crippen LogP contribution in [0.3, 0.4) is 0 Å². The second-order valence-electron chi connectivity index (χ2n) is 6.53. The molecule has 4 atom stereocenters. The summed E-state index contributed by atoms with van der Waals surface area (Å²) in [5.41, 5.74) is -5.76. The number of halogens is 3. The molecule has 22 heavy (non-hydrogen) atoms. The summed E-state index contributed by atoms with van der Waals surface area (Å²) >= 11 is 0. The summed E-state index contributed by atoms with van der Waals surface area (Å²) in [6.07, 6.45) is 4.01. The lowest BCUT2D eigenvalue weighted by Crippen LogP contribution is -2.37. The van der Waals surface area contributed by atoms with Crippen LogP contribution < -0.4 is 0 Å². The largest absolute Gasteiger partial charge is 0.534 e. The summed E-state index contributed by atoms with van der Waals surface area (Å²) in [6, 6.07) is 0. The SMILES string of the molecule is C[C@H](CO)[C@H]1CCC2C(OS(=O)(=O)C(F)(F)F)=CCC[C@@]21C. The number of fused-ring (bicyclic) bond motifs is 1. The molecule has 0 radical (unpaired) electrons. The van der Waals surface area contributed by atoms with Crippen molar-refractivity contribution in [2.24, 2.45) is 23.2 Å². The molecule has 4 nitrogen and oxygen atoms in total. The summed E-state index contributed by atoms with van der Waals surface area (Å²) in [5.74, 6) is -0.270. The standard InChI is InChI=1S/C14H21F3O4S/c1-9(8-18)10-5-6-11-12(4-3-7-13(10,11)2)21-22(19,20)14(15,16)17/h4,9-11,18H,3,5-8H2,1-2H3/t9-,10-,11?,13-/m1/s1. The van der Waals surface area contributed by atoms with E-state index in [1.54, 1.807) is 0 Å². The van der Waals surface area contributed by atoms with Gasteiger partial charge in [-0.1, -0.05) is 13.8 Å². The first-order chi connectivity index (χ1) is 10.0. The van der Waals surface area contributed by atoms with Crippen LogP contribution in [0.1, 0.15) is 39.5 Å². The van der Waals surface area contributed by atoms with Crippen LogP contribution in [0.5, 0.6) is 0 Å². The fourth-order valence-corrected chi connectivity index (χ4v) is 4.62. The number of alkyl halides is 3. The summed E-state index contributed by atoms with van der Waals surface area (Å²) in [6.45, 7) is 3.87. The molecule has 0 spiro atoms. The first-order valence-corrected chi connectivity index (χ1v) is 8.75. The third kappa shape index (κ3) is 2.87. The van der Waals surface area contributed by atoms with Crippen molar-refractivity contribution >= 4 is 10.1 Å². The summed E-state index contributed by atoms with van der Waals surface area (Å²) in [4.78, 5) is 0. The maximum absolute atomic E-state index is 12.5. The second-order valence-corrected chi connectivity index (χ2v) is 8.07. The molecule has 1 saturated carbocycles. The Morgan fingerprint density at radius 1 is 1.45 bits per heavy atom. The molecule has 2 rings (SSSR count).